The zero-order valence-electron chi connectivity index (χ0n) is 12.4. The van der Waals surface area contributed by atoms with Crippen molar-refractivity contribution in [2.75, 3.05) is 0 Å². The molecule has 108 valence electrons. The maximum atomic E-state index is 6.47. The monoisotopic (exact) mass is 308 g/mol. The molecule has 1 heterocycles. The number of hydrogen-bond acceptors (Lipinski definition) is 3. The molecule has 0 aliphatic carbocycles. The first-order chi connectivity index (χ1) is 9.18. The van der Waals surface area contributed by atoms with E-state index in [1.807, 2.05) is 31.2 Å². The lowest BCUT2D eigenvalue weighted by atomic mass is 9.90. The van der Waals surface area contributed by atoms with Crippen LogP contribution in [0.1, 0.15) is 44.0 Å². The molecule has 0 bridgehead atoms. The molecule has 1 aromatic carbocycles. The predicted octanol–water partition coefficient (Wildman–Crippen LogP) is 4.51. The smallest absolute Gasteiger partial charge is 0.0950 e. The van der Waals surface area contributed by atoms with E-state index >= 15 is 0 Å². The largest absolute Gasteiger partial charge is 0.321 e. The Labute approximate surface area is 130 Å². The maximum Gasteiger partial charge on any atom is 0.0950 e. The minimum absolute atomic E-state index is 0.0792. The number of nitrogens with two attached hydrogens (primary N) is 1. The van der Waals surface area contributed by atoms with Gasteiger partial charge >= 0.3 is 0 Å². The first kappa shape index (κ1) is 15.5. The third kappa shape index (κ3) is 3.60. The lowest BCUT2D eigenvalue weighted by Crippen LogP contribution is -2.35. The number of aromatic nitrogens is 1. The first-order valence-electron chi connectivity index (χ1n) is 6.68. The van der Waals surface area contributed by atoms with Crippen molar-refractivity contribution in [2.45, 2.75) is 45.1 Å². The lowest BCUT2D eigenvalue weighted by Gasteiger charge is -2.24. The second kappa shape index (κ2) is 5.47. The van der Waals surface area contributed by atoms with Crippen LogP contribution in [0.4, 0.5) is 0 Å². The highest BCUT2D eigenvalue weighted by atomic mass is 35.5. The molecule has 0 aliphatic rings. The number of halogens is 1. The predicted molar refractivity (Wildman–Crippen MR) is 87.5 cm³/mol. The minimum atomic E-state index is -0.460. The molecule has 2 nitrogen and oxygen atoms in total. The Hall–Kier alpha value is -0.900. The summed E-state index contributed by atoms with van der Waals surface area (Å²) in [4.78, 5) is 4.72. The van der Waals surface area contributed by atoms with Crippen molar-refractivity contribution in [3.05, 3.63) is 50.9 Å². The summed E-state index contributed by atoms with van der Waals surface area (Å²) in [6.45, 7) is 8.54. The van der Waals surface area contributed by atoms with Gasteiger partial charge in [0.1, 0.15) is 0 Å². The lowest BCUT2D eigenvalue weighted by molar-refractivity contribution is 0.486. The van der Waals surface area contributed by atoms with Crippen molar-refractivity contribution < 1.29 is 0 Å². The molecule has 1 atom stereocenters. The van der Waals surface area contributed by atoms with E-state index < -0.39 is 5.54 Å². The van der Waals surface area contributed by atoms with Crippen molar-refractivity contribution in [3.8, 4) is 0 Å². The van der Waals surface area contributed by atoms with Gasteiger partial charge in [-0.1, -0.05) is 44.5 Å². The van der Waals surface area contributed by atoms with Crippen molar-refractivity contribution in [2.24, 2.45) is 5.73 Å². The van der Waals surface area contributed by atoms with Gasteiger partial charge in [0.05, 0.1) is 10.7 Å². The Kier molecular flexibility index (Phi) is 4.24. The number of hydrogen-bond donors (Lipinski definition) is 1. The molecule has 4 heteroatoms. The summed E-state index contributed by atoms with van der Waals surface area (Å²) in [6, 6.07) is 7.75. The molecule has 0 aliphatic heterocycles. The molecule has 20 heavy (non-hydrogen) atoms. The zero-order valence-corrected chi connectivity index (χ0v) is 14.0. The Morgan fingerprint density at radius 3 is 2.50 bits per heavy atom. The van der Waals surface area contributed by atoms with E-state index in [2.05, 4.69) is 26.2 Å². The molecule has 0 spiro atoms. The molecule has 0 radical (unpaired) electrons. The summed E-state index contributed by atoms with van der Waals surface area (Å²) in [7, 11) is 0. The normalized spacial score (nSPS) is 15.1. The molecular weight excluding hydrogens is 288 g/mol. The molecule has 0 saturated heterocycles. The van der Waals surface area contributed by atoms with Gasteiger partial charge in [-0.25, -0.2) is 4.98 Å². The van der Waals surface area contributed by atoms with Crippen LogP contribution in [0, 0.1) is 0 Å². The third-order valence-electron chi connectivity index (χ3n) is 3.32. The van der Waals surface area contributed by atoms with Gasteiger partial charge in [0, 0.05) is 27.8 Å². The average molecular weight is 309 g/mol. The molecule has 2 rings (SSSR count). The molecule has 1 aromatic heterocycles. The van der Waals surface area contributed by atoms with Crippen LogP contribution in [0.3, 0.4) is 0 Å². The topological polar surface area (TPSA) is 38.9 Å². The van der Waals surface area contributed by atoms with E-state index in [1.165, 1.54) is 0 Å². The fourth-order valence-corrected chi connectivity index (χ4v) is 3.37. The Morgan fingerprint density at radius 2 is 1.95 bits per heavy atom. The maximum absolute atomic E-state index is 6.47. The van der Waals surface area contributed by atoms with Crippen molar-refractivity contribution in [1.29, 1.82) is 0 Å². The van der Waals surface area contributed by atoms with E-state index in [4.69, 9.17) is 22.3 Å². The van der Waals surface area contributed by atoms with Gasteiger partial charge in [0.2, 0.25) is 0 Å². The summed E-state index contributed by atoms with van der Waals surface area (Å²) in [5, 5.41) is 3.91. The van der Waals surface area contributed by atoms with E-state index in [-0.39, 0.29) is 5.41 Å². The summed E-state index contributed by atoms with van der Waals surface area (Å²) in [6.07, 6.45) is 0.716. The minimum Gasteiger partial charge on any atom is -0.321 e. The number of benzene rings is 1. The molecule has 0 amide bonds. The Balaban J connectivity index is 2.22. The van der Waals surface area contributed by atoms with Gasteiger partial charge in [-0.3, -0.25) is 0 Å². The van der Waals surface area contributed by atoms with Crippen LogP contribution in [0.25, 0.3) is 0 Å². The van der Waals surface area contributed by atoms with Gasteiger partial charge < -0.3 is 5.73 Å². The molecule has 2 N–H and O–H groups in total. The van der Waals surface area contributed by atoms with E-state index in [1.54, 1.807) is 11.3 Å². The Morgan fingerprint density at radius 1 is 1.25 bits per heavy atom. The van der Waals surface area contributed by atoms with Crippen LogP contribution in [0.15, 0.2) is 29.6 Å². The zero-order chi connectivity index (χ0) is 15.0. The highest BCUT2D eigenvalue weighted by Crippen LogP contribution is 2.29. The fraction of sp³-hybridized carbons (Fsp3) is 0.438. The number of rotatable bonds is 3. The molecular formula is C16H21ClN2S. The van der Waals surface area contributed by atoms with Crippen LogP contribution in [-0.2, 0) is 17.4 Å². The molecule has 2 aromatic rings. The van der Waals surface area contributed by atoms with Crippen molar-refractivity contribution in [3.63, 3.8) is 0 Å². The summed E-state index contributed by atoms with van der Waals surface area (Å²) in [5.41, 5.74) is 8.25. The first-order valence-corrected chi connectivity index (χ1v) is 7.94. The summed E-state index contributed by atoms with van der Waals surface area (Å²) in [5.74, 6) is 0. The van der Waals surface area contributed by atoms with E-state index in [9.17, 15) is 0 Å². The van der Waals surface area contributed by atoms with Crippen LogP contribution >= 0.6 is 22.9 Å². The third-order valence-corrected chi connectivity index (χ3v) is 4.41. The SMILES string of the molecule is CC(C)(C)c1csc(CC(C)(N)c2cccc(Cl)c2)n1. The Bertz CT molecular complexity index is 597. The molecule has 1 unspecified atom stereocenters. The fourth-order valence-electron chi connectivity index (χ4n) is 2.00. The summed E-state index contributed by atoms with van der Waals surface area (Å²) >= 11 is 7.73. The van der Waals surface area contributed by atoms with Crippen LogP contribution in [0.2, 0.25) is 5.02 Å². The molecule has 0 saturated carbocycles. The van der Waals surface area contributed by atoms with Gasteiger partial charge in [-0.2, -0.15) is 0 Å². The molecule has 0 fully saturated rings. The highest BCUT2D eigenvalue weighted by molar-refractivity contribution is 7.09. The van der Waals surface area contributed by atoms with E-state index in [0.717, 1.165) is 16.3 Å². The highest BCUT2D eigenvalue weighted by Gasteiger charge is 2.25. The van der Waals surface area contributed by atoms with Gasteiger partial charge in [-0.15, -0.1) is 11.3 Å². The standard InChI is InChI=1S/C16H21ClN2S/c1-15(2,3)13-10-20-14(19-13)9-16(4,18)11-6-5-7-12(17)8-11/h5-8,10H,9,18H2,1-4H3. The second-order valence-electron chi connectivity index (χ2n) is 6.48. The number of nitrogens with zero attached hydrogens (tertiary/aromatic N) is 1. The van der Waals surface area contributed by atoms with Gasteiger partial charge in [0.15, 0.2) is 0 Å². The van der Waals surface area contributed by atoms with Crippen LogP contribution in [-0.4, -0.2) is 4.98 Å². The average Bonchev–Trinajstić information content (AvgIpc) is 2.76. The quantitative estimate of drug-likeness (QED) is 0.906. The van der Waals surface area contributed by atoms with Crippen LogP contribution in [0.5, 0.6) is 0 Å². The summed E-state index contributed by atoms with van der Waals surface area (Å²) < 4.78 is 0. The van der Waals surface area contributed by atoms with Gasteiger partial charge in [0.25, 0.3) is 0 Å². The van der Waals surface area contributed by atoms with E-state index in [0.29, 0.717) is 11.4 Å². The van der Waals surface area contributed by atoms with Crippen LogP contribution < -0.4 is 5.73 Å². The second-order valence-corrected chi connectivity index (χ2v) is 7.86. The van der Waals surface area contributed by atoms with Crippen molar-refractivity contribution in [1.82, 2.24) is 4.98 Å². The van der Waals surface area contributed by atoms with Crippen molar-refractivity contribution >= 4 is 22.9 Å². The van der Waals surface area contributed by atoms with Gasteiger partial charge in [-0.05, 0) is 24.6 Å². The number of thiazole rings is 1.